The summed E-state index contributed by atoms with van der Waals surface area (Å²) < 4.78 is 23.3. The van der Waals surface area contributed by atoms with Crippen molar-refractivity contribution in [3.63, 3.8) is 0 Å². The third kappa shape index (κ3) is 13.3. The van der Waals surface area contributed by atoms with E-state index in [1.165, 1.54) is 40.5 Å². The van der Waals surface area contributed by atoms with E-state index in [2.05, 4.69) is 34.9 Å². The van der Waals surface area contributed by atoms with E-state index in [0.717, 1.165) is 28.6 Å². The lowest BCUT2D eigenvalue weighted by molar-refractivity contribution is -0.134. The van der Waals surface area contributed by atoms with Gasteiger partial charge in [-0.05, 0) is 59.6 Å². The maximum absolute atomic E-state index is 11.6. The number of aryl methyl sites for hydroxylation is 2. The number of nitrogens with one attached hydrogen (secondary N) is 1. The van der Waals surface area contributed by atoms with Gasteiger partial charge in [0.2, 0.25) is 11.8 Å². The summed E-state index contributed by atoms with van der Waals surface area (Å²) in [6.07, 6.45) is 7.01. The zero-order valence-electron chi connectivity index (χ0n) is 29.2. The molecular weight excluding hydrogens is 648 g/mol. The van der Waals surface area contributed by atoms with Crippen molar-refractivity contribution in [1.29, 1.82) is 0 Å². The van der Waals surface area contributed by atoms with Crippen LogP contribution in [0.2, 0.25) is 0 Å². The van der Waals surface area contributed by atoms with Gasteiger partial charge in [0.05, 0.1) is 18.8 Å². The van der Waals surface area contributed by atoms with Crippen molar-refractivity contribution >= 4 is 30.4 Å². The molecule has 4 heterocycles. The number of hydrogen-bond acceptors (Lipinski definition) is 14. The molecule has 0 aromatic carbocycles. The normalized spacial score (nSPS) is 11.2. The number of carbonyl (C=O) groups excluding carboxylic acids is 3. The summed E-state index contributed by atoms with van der Waals surface area (Å²) in [6, 6.07) is 7.22. The van der Waals surface area contributed by atoms with Gasteiger partial charge in [-0.1, -0.05) is 13.8 Å². The van der Waals surface area contributed by atoms with Crippen LogP contribution in [0.25, 0.3) is 35.2 Å². The molecule has 17 heteroatoms. The second-order valence-corrected chi connectivity index (χ2v) is 11.6. The maximum atomic E-state index is 11.6. The first-order chi connectivity index (χ1) is 23.7. The largest absolute Gasteiger partial charge is 0.516 e. The topological polar surface area (TPSA) is 213 Å². The van der Waals surface area contributed by atoms with Crippen LogP contribution in [0.3, 0.4) is 0 Å². The highest BCUT2D eigenvalue weighted by atomic mass is 16.7. The molecule has 0 aliphatic rings. The summed E-state index contributed by atoms with van der Waals surface area (Å²) in [6.45, 7) is 15.3. The van der Waals surface area contributed by atoms with Crippen LogP contribution in [0.1, 0.15) is 52.9 Å². The van der Waals surface area contributed by atoms with Crippen LogP contribution in [-0.4, -0.2) is 76.3 Å². The SMILES string of the molecule is Cc1cc(-c2ncn(/C=C\C(=O)NN)n2)cc(OC(C)C)n1.Cc1cc(-c2ncn(/C=C\C(=O)OC(=O)OCC(C)C)n2)cc(OC(C)C)n1. The number of hydrogen-bond donors (Lipinski definition) is 2. The smallest absolute Gasteiger partial charge is 0.475 e. The van der Waals surface area contributed by atoms with Crippen molar-refractivity contribution in [3.8, 4) is 34.5 Å². The van der Waals surface area contributed by atoms with Gasteiger partial charge in [0, 0.05) is 59.2 Å². The fourth-order valence-corrected chi connectivity index (χ4v) is 3.81. The van der Waals surface area contributed by atoms with Crippen molar-refractivity contribution in [2.75, 3.05) is 6.61 Å². The van der Waals surface area contributed by atoms with Gasteiger partial charge in [0.15, 0.2) is 11.6 Å². The number of esters is 1. The molecule has 0 atom stereocenters. The van der Waals surface area contributed by atoms with Crippen LogP contribution in [-0.2, 0) is 19.1 Å². The molecule has 0 radical (unpaired) electrons. The third-order valence-corrected chi connectivity index (χ3v) is 5.71. The number of ether oxygens (including phenoxy) is 4. The quantitative estimate of drug-likeness (QED) is 0.0534. The van der Waals surface area contributed by atoms with Crippen LogP contribution in [0.15, 0.2) is 49.1 Å². The summed E-state index contributed by atoms with van der Waals surface area (Å²) in [7, 11) is 0. The number of rotatable bonds is 12. The Morgan fingerprint density at radius 1 is 0.780 bits per heavy atom. The molecule has 4 aromatic heterocycles. The first-order valence-corrected chi connectivity index (χ1v) is 15.6. The minimum Gasteiger partial charge on any atom is -0.475 e. The summed E-state index contributed by atoms with van der Waals surface area (Å²) in [5, 5.41) is 8.53. The van der Waals surface area contributed by atoms with Crippen LogP contribution in [0.5, 0.6) is 11.8 Å². The van der Waals surface area contributed by atoms with Crippen LogP contribution >= 0.6 is 0 Å². The fourth-order valence-electron chi connectivity index (χ4n) is 3.81. The zero-order valence-corrected chi connectivity index (χ0v) is 29.2. The Morgan fingerprint density at radius 3 is 1.70 bits per heavy atom. The van der Waals surface area contributed by atoms with Gasteiger partial charge < -0.3 is 18.9 Å². The molecule has 3 N–H and O–H groups in total. The van der Waals surface area contributed by atoms with E-state index in [1.807, 2.05) is 72.9 Å². The van der Waals surface area contributed by atoms with E-state index in [0.29, 0.717) is 23.4 Å². The summed E-state index contributed by atoms with van der Waals surface area (Å²) >= 11 is 0. The van der Waals surface area contributed by atoms with E-state index >= 15 is 0 Å². The van der Waals surface area contributed by atoms with Crippen molar-refractivity contribution in [2.45, 2.75) is 67.6 Å². The Kier molecular flexibility index (Phi) is 14.3. The second-order valence-electron chi connectivity index (χ2n) is 11.6. The van der Waals surface area contributed by atoms with Crippen LogP contribution in [0, 0.1) is 19.8 Å². The first kappa shape index (κ1) is 38.5. The molecule has 266 valence electrons. The molecule has 4 aromatic rings. The number of nitrogens with two attached hydrogens (primary N) is 1. The lowest BCUT2D eigenvalue weighted by Crippen LogP contribution is -2.28. The standard InChI is InChI=1S/C19H24N4O5.C14H18N6O2/c1-12(2)10-26-19(25)28-17(24)6-7-23-11-20-18(22-23)15-8-14(5)21-16(9-15)27-13(3)4;1-9(2)22-13-7-11(6-10(3)17-13)14-16-8-20(19-14)5-4-12(21)18-15/h6-9,11-13H,10H2,1-5H3;4-9H,15H2,1-3H3,(H,18,21)/b7-6-;5-4-. The number of hydrazine groups is 1. The third-order valence-electron chi connectivity index (χ3n) is 5.71. The zero-order chi connectivity index (χ0) is 36.8. The molecule has 0 aliphatic carbocycles. The molecule has 0 saturated heterocycles. The number of carbonyl (C=O) groups is 3. The monoisotopic (exact) mass is 690 g/mol. The van der Waals surface area contributed by atoms with Gasteiger partial charge in [-0.25, -0.2) is 44.7 Å². The number of amides is 1. The van der Waals surface area contributed by atoms with Crippen molar-refractivity contribution in [1.82, 2.24) is 44.9 Å². The maximum Gasteiger partial charge on any atom is 0.516 e. The molecule has 4 rings (SSSR count). The van der Waals surface area contributed by atoms with Gasteiger partial charge in [-0.15, -0.1) is 10.2 Å². The van der Waals surface area contributed by atoms with Crippen molar-refractivity contribution in [3.05, 3.63) is 60.5 Å². The Morgan fingerprint density at radius 2 is 1.26 bits per heavy atom. The van der Waals surface area contributed by atoms with E-state index in [1.54, 1.807) is 12.1 Å². The number of aromatic nitrogens is 8. The van der Waals surface area contributed by atoms with Crippen molar-refractivity contribution < 1.29 is 33.3 Å². The molecule has 0 fully saturated rings. The second kappa shape index (κ2) is 18.5. The molecule has 0 spiro atoms. The number of nitrogens with zero attached hydrogens (tertiary/aromatic N) is 8. The molecule has 0 saturated carbocycles. The molecule has 1 amide bonds. The highest BCUT2D eigenvalue weighted by Crippen LogP contribution is 2.22. The average molecular weight is 691 g/mol. The van der Waals surface area contributed by atoms with E-state index in [4.69, 9.17) is 20.1 Å². The predicted molar refractivity (Wildman–Crippen MR) is 183 cm³/mol. The van der Waals surface area contributed by atoms with E-state index in [9.17, 15) is 14.4 Å². The summed E-state index contributed by atoms with van der Waals surface area (Å²) in [4.78, 5) is 51.1. The van der Waals surface area contributed by atoms with Crippen molar-refractivity contribution in [2.24, 2.45) is 11.8 Å². The molecule has 0 unspecified atom stereocenters. The minimum atomic E-state index is -1.03. The molecule has 0 bridgehead atoms. The lowest BCUT2D eigenvalue weighted by atomic mass is 10.2. The Labute approximate surface area is 289 Å². The predicted octanol–water partition coefficient (Wildman–Crippen LogP) is 4.14. The Bertz CT molecular complexity index is 1810. The first-order valence-electron chi connectivity index (χ1n) is 15.6. The molecular formula is C33H42N10O7. The fraction of sp³-hybridized carbons (Fsp3) is 0.364. The molecule has 50 heavy (non-hydrogen) atoms. The highest BCUT2D eigenvalue weighted by molar-refractivity contribution is 5.91. The molecule has 17 nitrogen and oxygen atoms in total. The Balaban J connectivity index is 0.000000278. The van der Waals surface area contributed by atoms with Gasteiger partial charge in [0.25, 0.3) is 5.91 Å². The van der Waals surface area contributed by atoms with E-state index < -0.39 is 18.0 Å². The van der Waals surface area contributed by atoms with Gasteiger partial charge in [-0.2, -0.15) is 0 Å². The lowest BCUT2D eigenvalue weighted by Gasteiger charge is -2.10. The van der Waals surface area contributed by atoms with Crippen LogP contribution < -0.4 is 20.7 Å². The van der Waals surface area contributed by atoms with Gasteiger partial charge in [0.1, 0.15) is 12.7 Å². The Hall–Kier alpha value is -5.97. The summed E-state index contributed by atoms with van der Waals surface area (Å²) in [5.41, 5.74) is 5.09. The number of pyridine rings is 2. The minimum absolute atomic E-state index is 0.00570. The van der Waals surface area contributed by atoms with Crippen LogP contribution in [0.4, 0.5) is 4.79 Å². The highest BCUT2D eigenvalue weighted by Gasteiger charge is 2.12. The van der Waals surface area contributed by atoms with E-state index in [-0.39, 0.29) is 24.7 Å². The summed E-state index contributed by atoms with van der Waals surface area (Å²) in [5.74, 6) is 5.81. The van der Waals surface area contributed by atoms with Gasteiger partial charge in [-0.3, -0.25) is 10.2 Å². The average Bonchev–Trinajstić information content (AvgIpc) is 3.71. The molecule has 0 aliphatic heterocycles. The van der Waals surface area contributed by atoms with Gasteiger partial charge >= 0.3 is 12.1 Å².